The average Bonchev–Trinajstić information content (AvgIpc) is 2.89. The molecule has 16 heavy (non-hydrogen) atoms. The van der Waals surface area contributed by atoms with E-state index in [1.54, 1.807) is 6.20 Å². The lowest BCUT2D eigenvalue weighted by Gasteiger charge is -2.11. The molecule has 5 heteroatoms. The number of imidazole rings is 1. The Morgan fingerprint density at radius 2 is 2.44 bits per heavy atom. The van der Waals surface area contributed by atoms with E-state index >= 15 is 0 Å². The van der Waals surface area contributed by atoms with E-state index in [1.807, 2.05) is 29.2 Å². The van der Waals surface area contributed by atoms with Crippen molar-refractivity contribution in [2.24, 2.45) is 0 Å². The monoisotopic (exact) mass is 283 g/mol. The van der Waals surface area contributed by atoms with E-state index in [1.165, 1.54) is 0 Å². The Morgan fingerprint density at radius 1 is 1.56 bits per heavy atom. The molecule has 0 spiro atoms. The lowest BCUT2D eigenvalue weighted by atomic mass is 10.2. The quantitative estimate of drug-likeness (QED) is 0.917. The summed E-state index contributed by atoms with van der Waals surface area (Å²) in [5.74, 6) is 0.942. The minimum Gasteiger partial charge on any atom is -0.453 e. The fraction of sp³-hybridized carbons (Fsp3) is 0.364. The van der Waals surface area contributed by atoms with Gasteiger partial charge in [-0.25, -0.2) is 4.98 Å². The highest BCUT2D eigenvalue weighted by atomic mass is 79.9. The van der Waals surface area contributed by atoms with Crippen LogP contribution in [-0.2, 0) is 6.54 Å². The minimum atomic E-state index is 0.217. The van der Waals surface area contributed by atoms with Crippen molar-refractivity contribution >= 4 is 15.9 Å². The molecule has 0 aliphatic rings. The van der Waals surface area contributed by atoms with E-state index in [-0.39, 0.29) is 6.04 Å². The molecule has 0 bridgehead atoms. The van der Waals surface area contributed by atoms with Crippen LogP contribution >= 0.6 is 15.9 Å². The molecule has 86 valence electrons. The van der Waals surface area contributed by atoms with Crippen LogP contribution in [0.25, 0.3) is 0 Å². The number of hydrogen-bond donors (Lipinski definition) is 1. The lowest BCUT2D eigenvalue weighted by molar-refractivity contribution is 0.412. The van der Waals surface area contributed by atoms with Crippen molar-refractivity contribution in [3.8, 4) is 0 Å². The summed E-state index contributed by atoms with van der Waals surface area (Å²) in [5, 5.41) is 3.39. The molecule has 1 N–H and O–H groups in total. The Hall–Kier alpha value is -1.07. The van der Waals surface area contributed by atoms with Gasteiger partial charge in [-0.1, -0.05) is 0 Å². The van der Waals surface area contributed by atoms with Gasteiger partial charge in [0.15, 0.2) is 4.67 Å². The molecule has 2 aromatic heterocycles. The zero-order chi connectivity index (χ0) is 11.4. The van der Waals surface area contributed by atoms with Gasteiger partial charge in [-0.05, 0) is 35.0 Å². The summed E-state index contributed by atoms with van der Waals surface area (Å²) >= 11 is 3.29. The highest BCUT2D eigenvalue weighted by Gasteiger charge is 2.08. The highest BCUT2D eigenvalue weighted by molar-refractivity contribution is 9.10. The molecule has 1 atom stereocenters. The molecule has 0 saturated heterocycles. The average molecular weight is 284 g/mol. The van der Waals surface area contributed by atoms with E-state index in [0.29, 0.717) is 0 Å². The SMILES string of the molecule is CC(NCCn1ccnc1)c1ccc(Br)o1. The topological polar surface area (TPSA) is 43.0 Å². The van der Waals surface area contributed by atoms with Crippen molar-refractivity contribution in [3.05, 3.63) is 41.3 Å². The van der Waals surface area contributed by atoms with E-state index in [9.17, 15) is 0 Å². The molecule has 1 unspecified atom stereocenters. The molecule has 0 amide bonds. The molecular weight excluding hydrogens is 270 g/mol. The van der Waals surface area contributed by atoms with Crippen LogP contribution in [0.5, 0.6) is 0 Å². The first-order valence-corrected chi connectivity index (χ1v) is 5.99. The summed E-state index contributed by atoms with van der Waals surface area (Å²) in [6.45, 7) is 3.88. The van der Waals surface area contributed by atoms with Crippen LogP contribution in [0.4, 0.5) is 0 Å². The molecule has 0 fully saturated rings. The number of furan rings is 1. The Labute approximate surface area is 103 Å². The normalized spacial score (nSPS) is 12.9. The Balaban J connectivity index is 1.78. The number of aromatic nitrogens is 2. The molecule has 2 heterocycles. The van der Waals surface area contributed by atoms with Crippen LogP contribution in [0, 0.1) is 0 Å². The summed E-state index contributed by atoms with van der Waals surface area (Å²) in [6.07, 6.45) is 5.55. The van der Waals surface area contributed by atoms with Gasteiger partial charge in [-0.3, -0.25) is 0 Å². The van der Waals surface area contributed by atoms with Gasteiger partial charge >= 0.3 is 0 Å². The zero-order valence-electron chi connectivity index (χ0n) is 9.06. The van der Waals surface area contributed by atoms with E-state index in [2.05, 4.69) is 33.2 Å². The number of hydrogen-bond acceptors (Lipinski definition) is 3. The third-order valence-corrected chi connectivity index (χ3v) is 2.83. The van der Waals surface area contributed by atoms with Crippen LogP contribution in [0.15, 0.2) is 39.9 Å². The number of nitrogens with one attached hydrogen (secondary N) is 1. The maximum atomic E-state index is 5.47. The van der Waals surface area contributed by atoms with Gasteiger partial charge in [0.25, 0.3) is 0 Å². The first kappa shape index (κ1) is 11.4. The molecule has 2 rings (SSSR count). The second kappa shape index (κ2) is 5.32. The lowest BCUT2D eigenvalue weighted by Crippen LogP contribution is -2.22. The predicted molar refractivity (Wildman–Crippen MR) is 65.1 cm³/mol. The fourth-order valence-corrected chi connectivity index (χ4v) is 1.81. The maximum absolute atomic E-state index is 5.47. The van der Waals surface area contributed by atoms with Gasteiger partial charge in [0.05, 0.1) is 12.4 Å². The van der Waals surface area contributed by atoms with Crippen LogP contribution in [-0.4, -0.2) is 16.1 Å². The van der Waals surface area contributed by atoms with Crippen molar-refractivity contribution < 1.29 is 4.42 Å². The molecule has 0 aliphatic heterocycles. The van der Waals surface area contributed by atoms with E-state index in [4.69, 9.17) is 4.42 Å². The number of halogens is 1. The van der Waals surface area contributed by atoms with Crippen molar-refractivity contribution in [1.82, 2.24) is 14.9 Å². The zero-order valence-corrected chi connectivity index (χ0v) is 10.6. The summed E-state index contributed by atoms with van der Waals surface area (Å²) in [4.78, 5) is 3.99. The molecule has 0 aliphatic carbocycles. The largest absolute Gasteiger partial charge is 0.453 e. The van der Waals surface area contributed by atoms with Crippen molar-refractivity contribution in [2.45, 2.75) is 19.5 Å². The molecule has 0 radical (unpaired) electrons. The van der Waals surface area contributed by atoms with Gasteiger partial charge in [0, 0.05) is 25.5 Å². The van der Waals surface area contributed by atoms with Gasteiger partial charge < -0.3 is 14.3 Å². The maximum Gasteiger partial charge on any atom is 0.169 e. The third-order valence-electron chi connectivity index (χ3n) is 2.40. The molecule has 0 aromatic carbocycles. The number of nitrogens with zero attached hydrogens (tertiary/aromatic N) is 2. The number of rotatable bonds is 5. The Morgan fingerprint density at radius 3 is 3.06 bits per heavy atom. The van der Waals surface area contributed by atoms with Crippen LogP contribution in [0.3, 0.4) is 0 Å². The van der Waals surface area contributed by atoms with Crippen LogP contribution < -0.4 is 5.32 Å². The molecule has 4 nitrogen and oxygen atoms in total. The third kappa shape index (κ3) is 2.96. The summed E-state index contributed by atoms with van der Waals surface area (Å²) in [7, 11) is 0. The predicted octanol–water partition coefficient (Wildman–Crippen LogP) is 2.59. The first-order valence-electron chi connectivity index (χ1n) is 5.20. The van der Waals surface area contributed by atoms with Crippen LogP contribution in [0.1, 0.15) is 18.7 Å². The molecule has 0 saturated carbocycles. The fourth-order valence-electron chi connectivity index (χ4n) is 1.49. The van der Waals surface area contributed by atoms with Gasteiger partial charge in [0.2, 0.25) is 0 Å². The van der Waals surface area contributed by atoms with Gasteiger partial charge in [-0.15, -0.1) is 0 Å². The Bertz CT molecular complexity index is 424. The Kier molecular flexibility index (Phi) is 3.79. The van der Waals surface area contributed by atoms with Crippen LogP contribution in [0.2, 0.25) is 0 Å². The molecular formula is C11H14BrN3O. The van der Waals surface area contributed by atoms with Crippen molar-refractivity contribution in [2.75, 3.05) is 6.54 Å². The second-order valence-corrected chi connectivity index (χ2v) is 4.40. The minimum absolute atomic E-state index is 0.217. The smallest absolute Gasteiger partial charge is 0.169 e. The highest BCUT2D eigenvalue weighted by Crippen LogP contribution is 2.19. The first-order chi connectivity index (χ1) is 7.75. The summed E-state index contributed by atoms with van der Waals surface area (Å²) in [5.41, 5.74) is 0. The standard InChI is InChI=1S/C11H14BrN3O/c1-9(10-2-3-11(12)16-10)14-5-7-15-6-4-13-8-15/h2-4,6,8-9,14H,5,7H2,1H3. The van der Waals surface area contributed by atoms with Crippen molar-refractivity contribution in [1.29, 1.82) is 0 Å². The van der Waals surface area contributed by atoms with E-state index < -0.39 is 0 Å². The second-order valence-electron chi connectivity index (χ2n) is 3.62. The van der Waals surface area contributed by atoms with E-state index in [0.717, 1.165) is 23.5 Å². The van der Waals surface area contributed by atoms with Gasteiger partial charge in [0.1, 0.15) is 5.76 Å². The summed E-state index contributed by atoms with van der Waals surface area (Å²) in [6, 6.07) is 4.09. The van der Waals surface area contributed by atoms with Gasteiger partial charge in [-0.2, -0.15) is 0 Å². The van der Waals surface area contributed by atoms with Crippen molar-refractivity contribution in [3.63, 3.8) is 0 Å². The molecule has 2 aromatic rings. The summed E-state index contributed by atoms with van der Waals surface area (Å²) < 4.78 is 8.28.